The second-order valence-electron chi connectivity index (χ2n) is 6.56. The predicted octanol–water partition coefficient (Wildman–Crippen LogP) is 3.40. The first-order valence-electron chi connectivity index (χ1n) is 9.39. The van der Waals surface area contributed by atoms with Crippen LogP contribution in [0.25, 0.3) is 0 Å². The normalized spacial score (nSPS) is 13.7. The summed E-state index contributed by atoms with van der Waals surface area (Å²) < 4.78 is 4.78. The number of anilines is 4. The van der Waals surface area contributed by atoms with Crippen molar-refractivity contribution in [1.82, 2.24) is 10.3 Å². The van der Waals surface area contributed by atoms with Gasteiger partial charge in [0.25, 0.3) is 5.91 Å². The molecular weight excluding hydrogens is 422 g/mol. The molecule has 3 aromatic rings. The van der Waals surface area contributed by atoms with Gasteiger partial charge in [-0.3, -0.25) is 4.79 Å². The number of rotatable bonds is 6. The molecular formula is C20H21N5O3S2. The molecule has 0 bridgehead atoms. The van der Waals surface area contributed by atoms with E-state index in [-0.39, 0.29) is 5.91 Å². The van der Waals surface area contributed by atoms with Gasteiger partial charge in [0.05, 0.1) is 29.7 Å². The maximum Gasteiger partial charge on any atom is 0.340 e. The van der Waals surface area contributed by atoms with Crippen LogP contribution >= 0.6 is 22.7 Å². The van der Waals surface area contributed by atoms with E-state index in [9.17, 15) is 9.59 Å². The summed E-state index contributed by atoms with van der Waals surface area (Å²) in [6, 6.07) is 7.78. The maximum absolute atomic E-state index is 12.8. The number of nitrogens with zero attached hydrogens (tertiary/aromatic N) is 2. The van der Waals surface area contributed by atoms with Crippen LogP contribution in [0.3, 0.4) is 0 Å². The van der Waals surface area contributed by atoms with Crippen LogP contribution < -0.4 is 20.9 Å². The predicted molar refractivity (Wildman–Crippen MR) is 121 cm³/mol. The highest BCUT2D eigenvalue weighted by Gasteiger charge is 2.18. The van der Waals surface area contributed by atoms with E-state index in [4.69, 9.17) is 4.74 Å². The molecule has 3 heterocycles. The number of carbonyl (C=O) groups excluding carboxylic acids is 2. The van der Waals surface area contributed by atoms with Gasteiger partial charge in [-0.2, -0.15) is 0 Å². The van der Waals surface area contributed by atoms with Gasteiger partial charge in [-0.25, -0.2) is 9.78 Å². The number of para-hydroxylation sites is 2. The molecule has 30 heavy (non-hydrogen) atoms. The van der Waals surface area contributed by atoms with Crippen LogP contribution in [-0.2, 0) is 4.74 Å². The van der Waals surface area contributed by atoms with Gasteiger partial charge < -0.3 is 25.6 Å². The molecule has 8 nitrogen and oxygen atoms in total. The summed E-state index contributed by atoms with van der Waals surface area (Å²) in [5, 5.41) is 15.1. The Labute approximate surface area is 181 Å². The fraction of sp³-hybridized carbons (Fsp3) is 0.250. The lowest BCUT2D eigenvalue weighted by Crippen LogP contribution is -2.43. The van der Waals surface area contributed by atoms with Crippen LogP contribution in [-0.4, -0.2) is 50.1 Å². The van der Waals surface area contributed by atoms with Crippen LogP contribution in [0.5, 0.6) is 0 Å². The fourth-order valence-corrected chi connectivity index (χ4v) is 4.61. The summed E-state index contributed by atoms with van der Waals surface area (Å²) in [5.74, 6) is -0.696. The average molecular weight is 444 g/mol. The SMILES string of the molecule is COC(=O)c1cscc1Nc1nc(C(=O)Nc2ccccc2N2CCNCC2)cs1. The molecule has 0 aliphatic carbocycles. The van der Waals surface area contributed by atoms with E-state index in [0.717, 1.165) is 37.6 Å². The minimum Gasteiger partial charge on any atom is -0.465 e. The molecule has 10 heteroatoms. The number of nitrogens with one attached hydrogen (secondary N) is 3. The van der Waals surface area contributed by atoms with Gasteiger partial charge in [0.2, 0.25) is 0 Å². The number of hydrogen-bond acceptors (Lipinski definition) is 9. The Bertz CT molecular complexity index is 1040. The molecule has 0 atom stereocenters. The van der Waals surface area contributed by atoms with E-state index in [1.807, 2.05) is 24.3 Å². The first-order chi connectivity index (χ1) is 14.7. The van der Waals surface area contributed by atoms with Crippen LogP contribution in [0.1, 0.15) is 20.8 Å². The molecule has 1 saturated heterocycles. The summed E-state index contributed by atoms with van der Waals surface area (Å²) in [5.41, 5.74) is 3.12. The topological polar surface area (TPSA) is 95.6 Å². The van der Waals surface area contributed by atoms with E-state index in [2.05, 4.69) is 25.8 Å². The van der Waals surface area contributed by atoms with Gasteiger partial charge in [0, 0.05) is 42.3 Å². The van der Waals surface area contributed by atoms with E-state index in [0.29, 0.717) is 22.1 Å². The fourth-order valence-electron chi connectivity index (χ4n) is 3.16. The standard InChI is InChI=1S/C20H21N5O3S2/c1-28-19(27)13-10-29-11-15(13)23-20-24-16(12-30-20)18(26)22-14-4-2-3-5-17(14)25-8-6-21-7-9-25/h2-5,10-12,21H,6-9H2,1H3,(H,22,26)(H,23,24). The molecule has 1 aliphatic heterocycles. The lowest BCUT2D eigenvalue weighted by Gasteiger charge is -2.31. The maximum atomic E-state index is 12.8. The number of thiazole rings is 1. The van der Waals surface area contributed by atoms with E-state index < -0.39 is 5.97 Å². The first kappa shape index (κ1) is 20.3. The summed E-state index contributed by atoms with van der Waals surface area (Å²) in [6.07, 6.45) is 0. The van der Waals surface area contributed by atoms with Crippen molar-refractivity contribution in [1.29, 1.82) is 0 Å². The zero-order valence-corrected chi connectivity index (χ0v) is 17.9. The first-order valence-corrected chi connectivity index (χ1v) is 11.2. The van der Waals surface area contributed by atoms with Crippen LogP contribution in [0.4, 0.5) is 22.2 Å². The molecule has 0 unspecified atom stereocenters. The molecule has 3 N–H and O–H groups in total. The van der Waals surface area contributed by atoms with Crippen LogP contribution in [0.15, 0.2) is 40.4 Å². The number of aromatic nitrogens is 1. The summed E-state index contributed by atoms with van der Waals surface area (Å²) in [4.78, 5) is 31.2. The molecule has 1 fully saturated rings. The molecule has 0 saturated carbocycles. The third-order valence-corrected chi connectivity index (χ3v) is 6.16. The highest BCUT2D eigenvalue weighted by atomic mass is 32.1. The smallest absolute Gasteiger partial charge is 0.340 e. The number of benzene rings is 1. The Kier molecular flexibility index (Phi) is 6.26. The third kappa shape index (κ3) is 4.45. The molecule has 156 valence electrons. The molecule has 0 spiro atoms. The van der Waals surface area contributed by atoms with Crippen molar-refractivity contribution in [3.8, 4) is 0 Å². The van der Waals surface area contributed by atoms with E-state index in [1.54, 1.807) is 16.1 Å². The van der Waals surface area contributed by atoms with E-state index >= 15 is 0 Å². The second-order valence-corrected chi connectivity index (χ2v) is 8.16. The van der Waals surface area contributed by atoms with Crippen molar-refractivity contribution in [3.63, 3.8) is 0 Å². The summed E-state index contributed by atoms with van der Waals surface area (Å²) >= 11 is 2.68. The second kappa shape index (κ2) is 9.24. The quantitative estimate of drug-likeness (QED) is 0.503. The monoisotopic (exact) mass is 443 g/mol. The third-order valence-electron chi connectivity index (χ3n) is 4.66. The molecule has 1 aliphatic rings. The van der Waals surface area contributed by atoms with Gasteiger partial charge in [0.1, 0.15) is 5.69 Å². The Hall–Kier alpha value is -2.95. The van der Waals surface area contributed by atoms with Crippen molar-refractivity contribution in [3.05, 3.63) is 51.7 Å². The number of carbonyl (C=O) groups is 2. The number of esters is 1. The van der Waals surface area contributed by atoms with Gasteiger partial charge in [-0.15, -0.1) is 22.7 Å². The summed E-state index contributed by atoms with van der Waals surface area (Å²) in [7, 11) is 1.34. The van der Waals surface area contributed by atoms with Crippen molar-refractivity contribution < 1.29 is 14.3 Å². The van der Waals surface area contributed by atoms with Crippen LogP contribution in [0, 0.1) is 0 Å². The Morgan fingerprint density at radius 3 is 2.73 bits per heavy atom. The summed E-state index contributed by atoms with van der Waals surface area (Å²) in [6.45, 7) is 3.61. The van der Waals surface area contributed by atoms with Crippen molar-refractivity contribution >= 4 is 56.7 Å². The largest absolute Gasteiger partial charge is 0.465 e. The minimum absolute atomic E-state index is 0.277. The number of piperazine rings is 1. The minimum atomic E-state index is -0.419. The Balaban J connectivity index is 1.47. The van der Waals surface area contributed by atoms with Crippen molar-refractivity contribution in [2.45, 2.75) is 0 Å². The number of ether oxygens (including phenoxy) is 1. The molecule has 2 aromatic heterocycles. The van der Waals surface area contributed by atoms with Crippen molar-refractivity contribution in [2.75, 3.05) is 48.8 Å². The van der Waals surface area contributed by atoms with Gasteiger partial charge in [0.15, 0.2) is 5.13 Å². The number of amides is 1. The molecule has 4 rings (SSSR count). The Morgan fingerprint density at radius 2 is 1.93 bits per heavy atom. The van der Waals surface area contributed by atoms with Gasteiger partial charge >= 0.3 is 5.97 Å². The van der Waals surface area contributed by atoms with E-state index in [1.165, 1.54) is 29.8 Å². The average Bonchev–Trinajstić information content (AvgIpc) is 3.44. The molecule has 0 radical (unpaired) electrons. The van der Waals surface area contributed by atoms with Crippen LogP contribution in [0.2, 0.25) is 0 Å². The zero-order valence-electron chi connectivity index (χ0n) is 16.3. The van der Waals surface area contributed by atoms with Gasteiger partial charge in [-0.05, 0) is 12.1 Å². The zero-order chi connectivity index (χ0) is 20.9. The highest BCUT2D eigenvalue weighted by Crippen LogP contribution is 2.29. The van der Waals surface area contributed by atoms with Gasteiger partial charge in [-0.1, -0.05) is 12.1 Å². The highest BCUT2D eigenvalue weighted by molar-refractivity contribution is 7.14. The molecule has 1 aromatic carbocycles. The molecule has 1 amide bonds. The number of hydrogen-bond donors (Lipinski definition) is 3. The Morgan fingerprint density at radius 1 is 1.13 bits per heavy atom. The lowest BCUT2D eigenvalue weighted by molar-refractivity contribution is 0.0602. The number of thiophene rings is 1. The van der Waals surface area contributed by atoms with Crippen molar-refractivity contribution in [2.24, 2.45) is 0 Å². The number of methoxy groups -OCH3 is 1. The lowest BCUT2D eigenvalue weighted by atomic mass is 10.2.